The molecular formula is C6H10N4O5. The van der Waals surface area contributed by atoms with Crippen molar-refractivity contribution in [3.8, 4) is 0 Å². The van der Waals surface area contributed by atoms with Gasteiger partial charge in [0.1, 0.15) is 5.69 Å². The quantitative estimate of drug-likeness (QED) is 0.309. The molecule has 0 amide bonds. The molecule has 1 aliphatic rings. The van der Waals surface area contributed by atoms with Gasteiger partial charge in [-0.1, -0.05) is 5.16 Å². The van der Waals surface area contributed by atoms with E-state index < -0.39 is 16.1 Å². The van der Waals surface area contributed by atoms with Crippen LogP contribution in [0.3, 0.4) is 0 Å². The lowest BCUT2D eigenvalue weighted by Crippen LogP contribution is -3.34. The molecule has 0 fully saturated rings. The molecule has 0 aliphatic heterocycles. The van der Waals surface area contributed by atoms with Crippen molar-refractivity contribution in [2.75, 3.05) is 0 Å². The molecule has 2 rings (SSSR count). The van der Waals surface area contributed by atoms with Gasteiger partial charge in [0.15, 0.2) is 0 Å². The molecule has 9 heteroatoms. The van der Waals surface area contributed by atoms with Crippen molar-refractivity contribution >= 4 is 0 Å². The van der Waals surface area contributed by atoms with E-state index in [9.17, 15) is 10.4 Å². The van der Waals surface area contributed by atoms with Crippen LogP contribution >= 0.6 is 0 Å². The Kier molecular flexibility index (Phi) is 2.42. The predicted molar refractivity (Wildman–Crippen MR) is 41.1 cm³/mol. The molecule has 0 aromatic carbocycles. The average Bonchev–Trinajstić information content (AvgIpc) is 2.63. The molecule has 0 spiro atoms. The Balaban J connectivity index is 2.52. The van der Waals surface area contributed by atoms with Crippen LogP contribution in [0.5, 0.6) is 0 Å². The number of aryl methyl sites for hydroxylation is 1. The third kappa shape index (κ3) is 1.33. The molecule has 2 atom stereocenters. The molecule has 15 heavy (non-hydrogen) atoms. The third-order valence-electron chi connectivity index (χ3n) is 2.66. The average molecular weight is 218 g/mol. The van der Waals surface area contributed by atoms with Gasteiger partial charge < -0.3 is 10.4 Å². The van der Waals surface area contributed by atoms with Crippen molar-refractivity contribution in [1.29, 1.82) is 0 Å². The van der Waals surface area contributed by atoms with Gasteiger partial charge in [-0.15, -0.1) is 0 Å². The lowest BCUT2D eigenvalue weighted by Gasteiger charge is -2.40. The Morgan fingerprint density at radius 2 is 1.93 bits per heavy atom. The van der Waals surface area contributed by atoms with Crippen LogP contribution in [0.4, 0.5) is 0 Å². The Labute approximate surface area is 83.5 Å². The van der Waals surface area contributed by atoms with Crippen LogP contribution in [-0.4, -0.2) is 20.7 Å². The third-order valence-corrected chi connectivity index (χ3v) is 2.66. The zero-order chi connectivity index (χ0) is 11.1. The normalized spacial score (nSPS) is 29.6. The van der Waals surface area contributed by atoms with Crippen LogP contribution in [0.15, 0.2) is 4.63 Å². The van der Waals surface area contributed by atoms with Gasteiger partial charge in [-0.05, 0) is 18.0 Å². The van der Waals surface area contributed by atoms with Gasteiger partial charge in [0.2, 0.25) is 5.69 Å². The monoisotopic (exact) mass is 218 g/mol. The minimum atomic E-state index is -1.99. The minimum absolute atomic E-state index is 0.0128. The zero-order valence-corrected chi connectivity index (χ0v) is 7.63. The van der Waals surface area contributed by atoms with Crippen LogP contribution in [0.1, 0.15) is 24.2 Å². The number of nitrogens with one attached hydrogen (secondary N) is 2. The van der Waals surface area contributed by atoms with E-state index in [2.05, 4.69) is 14.9 Å². The van der Waals surface area contributed by atoms with Crippen LogP contribution < -0.4 is 10.5 Å². The number of quaternary nitrogens is 2. The summed E-state index contributed by atoms with van der Waals surface area (Å²) in [5.74, 6) is 0. The molecule has 9 nitrogen and oxygen atoms in total. The van der Waals surface area contributed by atoms with Crippen LogP contribution in [0.2, 0.25) is 0 Å². The van der Waals surface area contributed by atoms with E-state index in [4.69, 9.17) is 10.4 Å². The van der Waals surface area contributed by atoms with E-state index in [1.54, 1.807) is 0 Å². The summed E-state index contributed by atoms with van der Waals surface area (Å²) in [5.41, 5.74) is -1.74. The molecule has 84 valence electrons. The molecule has 1 aliphatic carbocycles. The molecule has 1 aromatic rings. The highest BCUT2D eigenvalue weighted by Gasteiger charge is 2.54. The van der Waals surface area contributed by atoms with Crippen molar-refractivity contribution in [2.45, 2.75) is 24.9 Å². The Hall–Kier alpha value is -1.10. The van der Waals surface area contributed by atoms with Gasteiger partial charge in [-0.2, -0.15) is 10.5 Å². The zero-order valence-electron chi connectivity index (χ0n) is 7.63. The number of fused-ring (bicyclic) bond motifs is 1. The number of nitrogens with zero attached hydrogens (tertiary/aromatic N) is 2. The Morgan fingerprint density at radius 3 is 2.53 bits per heavy atom. The summed E-state index contributed by atoms with van der Waals surface area (Å²) in [4.78, 5) is 0. The molecule has 1 aromatic heterocycles. The predicted octanol–water partition coefficient (Wildman–Crippen LogP) is -2.90. The summed E-state index contributed by atoms with van der Waals surface area (Å²) >= 11 is 0. The van der Waals surface area contributed by atoms with E-state index >= 15 is 0 Å². The first kappa shape index (κ1) is 10.4. The number of hydrogen-bond acceptors (Lipinski definition) is 7. The van der Waals surface area contributed by atoms with Crippen molar-refractivity contribution in [2.24, 2.45) is 0 Å². The Bertz CT molecular complexity index is 343. The van der Waals surface area contributed by atoms with Crippen molar-refractivity contribution in [3.63, 3.8) is 0 Å². The van der Waals surface area contributed by atoms with Gasteiger partial charge in [-0.3, -0.25) is 0 Å². The molecule has 0 radical (unpaired) electrons. The van der Waals surface area contributed by atoms with E-state index in [1.165, 1.54) is 0 Å². The lowest BCUT2D eigenvalue weighted by atomic mass is 9.90. The maximum Gasteiger partial charge on any atom is 0.329 e. The van der Waals surface area contributed by atoms with Gasteiger partial charge in [0.25, 0.3) is 0 Å². The largest absolute Gasteiger partial charge is 0.595 e. The first-order chi connectivity index (χ1) is 7.09. The second-order valence-corrected chi connectivity index (χ2v) is 3.43. The number of aromatic nitrogens is 2. The highest BCUT2D eigenvalue weighted by molar-refractivity contribution is 5.16. The highest BCUT2D eigenvalue weighted by Crippen LogP contribution is 2.25. The fourth-order valence-corrected chi connectivity index (χ4v) is 1.84. The first-order valence-corrected chi connectivity index (χ1v) is 4.37. The number of hydrogen-bond donors (Lipinski definition) is 4. The number of hydroxylamine groups is 4. The Morgan fingerprint density at radius 1 is 1.27 bits per heavy atom. The second-order valence-electron chi connectivity index (χ2n) is 3.43. The van der Waals surface area contributed by atoms with E-state index in [1.807, 2.05) is 0 Å². The smallest absolute Gasteiger partial charge is 0.329 e. The second kappa shape index (κ2) is 3.48. The maximum atomic E-state index is 11.1. The minimum Gasteiger partial charge on any atom is -0.595 e. The van der Waals surface area contributed by atoms with Crippen LogP contribution in [0.25, 0.3) is 0 Å². The number of rotatable bonds is 2. The summed E-state index contributed by atoms with van der Waals surface area (Å²) in [5, 5.41) is 44.3. The van der Waals surface area contributed by atoms with Gasteiger partial charge in [0.05, 0.1) is 6.42 Å². The topological polar surface area (TPSA) is 134 Å². The summed E-state index contributed by atoms with van der Waals surface area (Å²) in [6, 6.07) is 0. The fourth-order valence-electron chi connectivity index (χ4n) is 1.84. The molecule has 0 saturated heterocycles. The van der Waals surface area contributed by atoms with E-state index in [-0.39, 0.29) is 12.1 Å². The molecule has 4 N–H and O–H groups in total. The van der Waals surface area contributed by atoms with Gasteiger partial charge >= 0.3 is 5.66 Å². The molecule has 0 bridgehead atoms. The maximum absolute atomic E-state index is 11.1. The van der Waals surface area contributed by atoms with Crippen molar-refractivity contribution in [1.82, 2.24) is 10.3 Å². The van der Waals surface area contributed by atoms with Gasteiger partial charge in [0, 0.05) is 0 Å². The molecule has 1 heterocycles. The molecule has 0 saturated carbocycles. The summed E-state index contributed by atoms with van der Waals surface area (Å²) in [7, 11) is 0. The van der Waals surface area contributed by atoms with E-state index in [0.29, 0.717) is 18.5 Å². The molecule has 2 unspecified atom stereocenters. The lowest BCUT2D eigenvalue weighted by molar-refractivity contribution is -1.29. The first-order valence-electron chi connectivity index (χ1n) is 4.37. The van der Waals surface area contributed by atoms with Gasteiger partial charge in [-0.25, -0.2) is 15.0 Å². The van der Waals surface area contributed by atoms with Crippen LogP contribution in [0, 0.1) is 10.4 Å². The summed E-state index contributed by atoms with van der Waals surface area (Å²) < 4.78 is 4.40. The molecular weight excluding hydrogens is 208 g/mol. The van der Waals surface area contributed by atoms with Crippen LogP contribution in [-0.2, 0) is 12.1 Å². The summed E-state index contributed by atoms with van der Waals surface area (Å²) in [6.45, 7) is 0. The van der Waals surface area contributed by atoms with E-state index in [0.717, 1.165) is 0 Å². The summed E-state index contributed by atoms with van der Waals surface area (Å²) in [6.07, 6.45) is 0.958. The van der Waals surface area contributed by atoms with Crippen molar-refractivity contribution in [3.05, 3.63) is 21.8 Å². The fraction of sp³-hybridized carbons (Fsp3) is 0.667. The SMILES string of the molecule is [O-][NH+](O)C1([NH+]([O-])O)CCCc2nonc21. The standard InChI is InChI=1S/C6H10N4O5/c11-9(12)6(10(13)14)3-1-2-4-5(6)8-15-7-4/h9-11,13H,1-3H2. The van der Waals surface area contributed by atoms with Crippen molar-refractivity contribution < 1.29 is 25.5 Å². The highest BCUT2D eigenvalue weighted by atomic mass is 16.8.